The molecule has 2 aromatic carbocycles. The maximum atomic E-state index is 12.1. The van der Waals surface area contributed by atoms with Gasteiger partial charge in [0.15, 0.2) is 5.78 Å². The van der Waals surface area contributed by atoms with Gasteiger partial charge >= 0.3 is 29.6 Å². The summed E-state index contributed by atoms with van der Waals surface area (Å²) in [6.45, 7) is 0. The first-order chi connectivity index (χ1) is 7.79. The zero-order chi connectivity index (χ0) is 11.1. The minimum Gasteiger partial charge on any atom is -0.303 e. The molecule has 0 radical (unpaired) electrons. The summed E-state index contributed by atoms with van der Waals surface area (Å²) in [5.41, 5.74) is 1.90. The second kappa shape index (κ2) is 4.57. The molecule has 0 fully saturated rings. The van der Waals surface area contributed by atoms with E-state index in [4.69, 9.17) is 0 Å². The van der Waals surface area contributed by atoms with E-state index in [9.17, 15) is 9.59 Å². The Labute approximate surface area is 121 Å². The molecule has 0 heterocycles. The number of fused-ring (bicyclic) bond motifs is 2. The van der Waals surface area contributed by atoms with Crippen LogP contribution in [0.25, 0.3) is 0 Å². The van der Waals surface area contributed by atoms with E-state index in [1.54, 1.807) is 42.5 Å². The van der Waals surface area contributed by atoms with Crippen LogP contribution in [-0.4, -0.2) is 11.6 Å². The van der Waals surface area contributed by atoms with Crippen LogP contribution in [0.2, 0.25) is 0 Å². The molecule has 0 saturated carbocycles. The summed E-state index contributed by atoms with van der Waals surface area (Å²) in [4.78, 5) is 24.2. The number of hydrogen-bond acceptors (Lipinski definition) is 2. The third-order valence-electron chi connectivity index (χ3n) is 2.77. The standard InChI is InChI=1S/C14H7O2.Na/c15-13-9-5-1-2-6-10(9)14(16)12-8-4-3-7-11(12)13;/h1-3,5-8H;/q-1;+1. The molecule has 1 aliphatic rings. The Bertz CT molecular complexity index is 512. The molecular formula is C14H7NaO2. The van der Waals surface area contributed by atoms with Crippen molar-refractivity contribution in [1.29, 1.82) is 0 Å². The molecule has 3 rings (SSSR count). The molecule has 2 nitrogen and oxygen atoms in total. The van der Waals surface area contributed by atoms with Gasteiger partial charge in [-0.15, -0.1) is 0 Å². The van der Waals surface area contributed by atoms with Gasteiger partial charge in [0.25, 0.3) is 0 Å². The van der Waals surface area contributed by atoms with Gasteiger partial charge in [0.1, 0.15) is 5.78 Å². The van der Waals surface area contributed by atoms with Crippen molar-refractivity contribution in [1.82, 2.24) is 0 Å². The number of carbonyl (C=O) groups excluding carboxylic acids is 2. The van der Waals surface area contributed by atoms with E-state index in [1.807, 2.05) is 0 Å². The van der Waals surface area contributed by atoms with E-state index in [0.717, 1.165) is 0 Å². The van der Waals surface area contributed by atoms with Crippen LogP contribution >= 0.6 is 0 Å². The Balaban J connectivity index is 0.00000108. The van der Waals surface area contributed by atoms with Crippen LogP contribution in [-0.2, 0) is 0 Å². The van der Waals surface area contributed by atoms with Crippen molar-refractivity contribution in [2.75, 3.05) is 0 Å². The maximum Gasteiger partial charge on any atom is 1.00 e. The fourth-order valence-corrected chi connectivity index (χ4v) is 1.99. The first-order valence-corrected chi connectivity index (χ1v) is 4.97. The summed E-state index contributed by atoms with van der Waals surface area (Å²) < 4.78 is 0. The molecule has 17 heavy (non-hydrogen) atoms. The van der Waals surface area contributed by atoms with E-state index >= 15 is 0 Å². The molecule has 3 heteroatoms. The summed E-state index contributed by atoms with van der Waals surface area (Å²) in [6, 6.07) is 14.6. The number of carbonyl (C=O) groups is 2. The Morgan fingerprint density at radius 1 is 0.765 bits per heavy atom. The molecule has 0 spiro atoms. The van der Waals surface area contributed by atoms with Gasteiger partial charge in [0, 0.05) is 11.1 Å². The van der Waals surface area contributed by atoms with Crippen molar-refractivity contribution in [3.05, 3.63) is 70.8 Å². The quantitative estimate of drug-likeness (QED) is 0.377. The minimum absolute atomic E-state index is 0. The van der Waals surface area contributed by atoms with Gasteiger partial charge < -0.3 is 4.79 Å². The van der Waals surface area contributed by atoms with E-state index < -0.39 is 0 Å². The van der Waals surface area contributed by atoms with E-state index in [1.165, 1.54) is 0 Å². The summed E-state index contributed by atoms with van der Waals surface area (Å²) in [5, 5.41) is 0. The van der Waals surface area contributed by atoms with Gasteiger partial charge in [-0.1, -0.05) is 35.4 Å². The zero-order valence-corrected chi connectivity index (χ0v) is 11.4. The predicted octanol–water partition coefficient (Wildman–Crippen LogP) is -0.734. The SMILES string of the molecule is O=C1c2c[c-]ccc2C(=O)c2ccccc21.[Na+]. The van der Waals surface area contributed by atoms with Crippen molar-refractivity contribution in [3.63, 3.8) is 0 Å². The molecule has 1 aliphatic carbocycles. The van der Waals surface area contributed by atoms with Gasteiger partial charge in [-0.3, -0.25) is 4.79 Å². The van der Waals surface area contributed by atoms with Gasteiger partial charge in [-0.25, -0.2) is 0 Å². The monoisotopic (exact) mass is 230 g/mol. The average Bonchev–Trinajstić information content (AvgIpc) is 2.36. The molecule has 76 valence electrons. The molecule has 0 aliphatic heterocycles. The molecule has 2 aromatic rings. The molecule has 0 atom stereocenters. The van der Waals surface area contributed by atoms with Crippen LogP contribution in [0.3, 0.4) is 0 Å². The fourth-order valence-electron chi connectivity index (χ4n) is 1.99. The summed E-state index contributed by atoms with van der Waals surface area (Å²) in [7, 11) is 0. The molecule has 0 N–H and O–H groups in total. The second-order valence-electron chi connectivity index (χ2n) is 3.68. The first kappa shape index (κ1) is 12.2. The number of hydrogen-bond donors (Lipinski definition) is 0. The van der Waals surface area contributed by atoms with Gasteiger partial charge in [0.05, 0.1) is 0 Å². The first-order valence-electron chi connectivity index (χ1n) is 4.97. The number of rotatable bonds is 0. The smallest absolute Gasteiger partial charge is 0.303 e. The Morgan fingerprint density at radius 2 is 1.29 bits per heavy atom. The molecule has 0 aromatic heterocycles. The van der Waals surface area contributed by atoms with E-state index in [0.29, 0.717) is 22.3 Å². The fraction of sp³-hybridized carbons (Fsp3) is 0. The topological polar surface area (TPSA) is 34.1 Å². The van der Waals surface area contributed by atoms with Crippen molar-refractivity contribution >= 4 is 11.6 Å². The minimum atomic E-state index is -0.0953. The largest absolute Gasteiger partial charge is 1.00 e. The molecule has 0 bridgehead atoms. The zero-order valence-electron chi connectivity index (χ0n) is 9.36. The molecule has 0 saturated heterocycles. The van der Waals surface area contributed by atoms with Gasteiger partial charge in [0.2, 0.25) is 0 Å². The summed E-state index contributed by atoms with van der Waals surface area (Å²) >= 11 is 0. The third kappa shape index (κ3) is 1.78. The van der Waals surface area contributed by atoms with E-state index in [2.05, 4.69) is 6.07 Å². The van der Waals surface area contributed by atoms with Gasteiger partial charge in [-0.05, 0) is 0 Å². The molecule has 0 amide bonds. The van der Waals surface area contributed by atoms with Crippen molar-refractivity contribution < 1.29 is 39.1 Å². The molecule has 0 unspecified atom stereocenters. The van der Waals surface area contributed by atoms with Crippen LogP contribution < -0.4 is 29.6 Å². The van der Waals surface area contributed by atoms with Crippen molar-refractivity contribution in [3.8, 4) is 0 Å². The maximum absolute atomic E-state index is 12.1. The Kier molecular flexibility index (Phi) is 3.29. The Morgan fingerprint density at radius 3 is 1.94 bits per heavy atom. The Hall–Kier alpha value is -1.22. The average molecular weight is 230 g/mol. The van der Waals surface area contributed by atoms with Crippen molar-refractivity contribution in [2.24, 2.45) is 0 Å². The van der Waals surface area contributed by atoms with Crippen LogP contribution in [0.4, 0.5) is 0 Å². The summed E-state index contributed by atoms with van der Waals surface area (Å²) in [5.74, 6) is -0.179. The predicted molar refractivity (Wildman–Crippen MR) is 58.6 cm³/mol. The molecular weight excluding hydrogens is 223 g/mol. The number of benzene rings is 2. The number of ketones is 2. The second-order valence-corrected chi connectivity index (χ2v) is 3.68. The van der Waals surface area contributed by atoms with Crippen LogP contribution in [0.15, 0.2) is 42.5 Å². The summed E-state index contributed by atoms with van der Waals surface area (Å²) in [6.07, 6.45) is 0. The normalized spacial score (nSPS) is 12.5. The van der Waals surface area contributed by atoms with Crippen LogP contribution in [0, 0.1) is 6.07 Å². The van der Waals surface area contributed by atoms with Crippen LogP contribution in [0.5, 0.6) is 0 Å². The van der Waals surface area contributed by atoms with Crippen LogP contribution in [0.1, 0.15) is 31.8 Å². The van der Waals surface area contributed by atoms with E-state index in [-0.39, 0.29) is 41.1 Å². The van der Waals surface area contributed by atoms with Gasteiger partial charge in [-0.2, -0.15) is 24.3 Å². The van der Waals surface area contributed by atoms with Crippen molar-refractivity contribution in [2.45, 2.75) is 0 Å². The third-order valence-corrected chi connectivity index (χ3v) is 2.77.